The molecule has 0 bridgehead atoms. The minimum atomic E-state index is -4.14. The molecule has 0 spiro atoms. The molecule has 0 aromatic heterocycles. The minimum absolute atomic E-state index is 0.0586. The second-order valence-electron chi connectivity index (χ2n) is 3.79. The normalized spacial score (nSPS) is 23.9. The molecule has 1 fully saturated rings. The third-order valence-electron chi connectivity index (χ3n) is 2.61. The summed E-state index contributed by atoms with van der Waals surface area (Å²) >= 11 is 0. The molecule has 1 aliphatic rings. The summed E-state index contributed by atoms with van der Waals surface area (Å²) < 4.78 is 37.2. The maximum Gasteiger partial charge on any atom is 0.393 e. The summed E-state index contributed by atoms with van der Waals surface area (Å²) in [5.41, 5.74) is 0. The lowest BCUT2D eigenvalue weighted by atomic mass is 9.97. The number of rotatable bonds is 2. The standard InChI is InChI=1S/C9H15F3N2O/c1-13-8(15)6-14-4-2-3-7(5-14)9(10,11)12/h7H,2-6H2,1H3,(H,13,15)/t7-/m0/s1. The van der Waals surface area contributed by atoms with Crippen molar-refractivity contribution in [2.75, 3.05) is 26.7 Å². The van der Waals surface area contributed by atoms with Gasteiger partial charge in [0, 0.05) is 13.6 Å². The van der Waals surface area contributed by atoms with Gasteiger partial charge in [-0.2, -0.15) is 13.2 Å². The summed E-state index contributed by atoms with van der Waals surface area (Å²) in [6.07, 6.45) is -3.46. The van der Waals surface area contributed by atoms with Crippen LogP contribution in [0.25, 0.3) is 0 Å². The number of halogens is 3. The number of carbonyl (C=O) groups is 1. The van der Waals surface area contributed by atoms with Crippen LogP contribution < -0.4 is 5.32 Å². The lowest BCUT2D eigenvalue weighted by Crippen LogP contribution is -2.45. The third-order valence-corrected chi connectivity index (χ3v) is 2.61. The largest absolute Gasteiger partial charge is 0.393 e. The monoisotopic (exact) mass is 224 g/mol. The van der Waals surface area contributed by atoms with Crippen molar-refractivity contribution in [1.29, 1.82) is 0 Å². The Balaban J connectivity index is 2.46. The van der Waals surface area contributed by atoms with Crippen LogP contribution in [-0.2, 0) is 4.79 Å². The van der Waals surface area contributed by atoms with E-state index in [1.807, 2.05) is 0 Å². The number of carbonyl (C=O) groups excluding carboxylic acids is 1. The fourth-order valence-electron chi connectivity index (χ4n) is 1.75. The van der Waals surface area contributed by atoms with Gasteiger partial charge in [0.1, 0.15) is 0 Å². The minimum Gasteiger partial charge on any atom is -0.358 e. The number of likely N-dealkylation sites (tertiary alicyclic amines) is 1. The lowest BCUT2D eigenvalue weighted by Gasteiger charge is -2.33. The molecule has 0 aromatic carbocycles. The quantitative estimate of drug-likeness (QED) is 0.759. The number of nitrogens with zero attached hydrogens (tertiary/aromatic N) is 1. The molecule has 1 N–H and O–H groups in total. The smallest absolute Gasteiger partial charge is 0.358 e. The summed E-state index contributed by atoms with van der Waals surface area (Å²) in [4.78, 5) is 12.6. The third kappa shape index (κ3) is 3.70. The Bertz CT molecular complexity index is 230. The van der Waals surface area contributed by atoms with Crippen LogP contribution in [0.1, 0.15) is 12.8 Å². The van der Waals surface area contributed by atoms with E-state index in [-0.39, 0.29) is 25.4 Å². The lowest BCUT2D eigenvalue weighted by molar-refractivity contribution is -0.187. The van der Waals surface area contributed by atoms with Gasteiger partial charge in [-0.05, 0) is 19.4 Å². The fourth-order valence-corrected chi connectivity index (χ4v) is 1.75. The van der Waals surface area contributed by atoms with E-state index in [1.165, 1.54) is 7.05 Å². The molecule has 3 nitrogen and oxygen atoms in total. The first-order chi connectivity index (χ1) is 6.93. The van der Waals surface area contributed by atoms with Crippen molar-refractivity contribution in [2.45, 2.75) is 19.0 Å². The van der Waals surface area contributed by atoms with Crippen molar-refractivity contribution in [2.24, 2.45) is 5.92 Å². The van der Waals surface area contributed by atoms with E-state index in [1.54, 1.807) is 4.90 Å². The van der Waals surface area contributed by atoms with Gasteiger partial charge in [0.2, 0.25) is 5.91 Å². The molecule has 0 aromatic rings. The average molecular weight is 224 g/mol. The topological polar surface area (TPSA) is 32.3 Å². The Labute approximate surface area is 86.6 Å². The molecule has 1 amide bonds. The van der Waals surface area contributed by atoms with E-state index >= 15 is 0 Å². The second-order valence-corrected chi connectivity index (χ2v) is 3.79. The van der Waals surface area contributed by atoms with Crippen LogP contribution >= 0.6 is 0 Å². The summed E-state index contributed by atoms with van der Waals surface area (Å²) in [5.74, 6) is -1.52. The highest BCUT2D eigenvalue weighted by Gasteiger charge is 2.41. The second kappa shape index (κ2) is 4.83. The molecule has 0 saturated carbocycles. The van der Waals surface area contributed by atoms with Crippen molar-refractivity contribution in [3.8, 4) is 0 Å². The highest BCUT2D eigenvalue weighted by molar-refractivity contribution is 5.77. The van der Waals surface area contributed by atoms with Crippen LogP contribution in [-0.4, -0.2) is 43.7 Å². The highest BCUT2D eigenvalue weighted by atomic mass is 19.4. The van der Waals surface area contributed by atoms with Gasteiger partial charge in [0.05, 0.1) is 12.5 Å². The molecule has 88 valence electrons. The van der Waals surface area contributed by atoms with Crippen LogP contribution in [0.3, 0.4) is 0 Å². The van der Waals surface area contributed by atoms with Crippen LogP contribution in [0.4, 0.5) is 13.2 Å². The van der Waals surface area contributed by atoms with Crippen LogP contribution in [0, 0.1) is 5.92 Å². The molecule has 15 heavy (non-hydrogen) atoms. The van der Waals surface area contributed by atoms with Gasteiger partial charge in [-0.3, -0.25) is 9.69 Å². The van der Waals surface area contributed by atoms with Gasteiger partial charge in [0.25, 0.3) is 0 Å². The van der Waals surface area contributed by atoms with E-state index in [2.05, 4.69) is 5.32 Å². The van der Waals surface area contributed by atoms with Crippen molar-refractivity contribution >= 4 is 5.91 Å². The predicted octanol–water partition coefficient (Wildman–Crippen LogP) is 1.01. The summed E-state index contributed by atoms with van der Waals surface area (Å²) in [6.45, 7) is 0.569. The SMILES string of the molecule is CNC(=O)CN1CCC[C@H](C(F)(F)F)C1. The van der Waals surface area contributed by atoms with Crippen molar-refractivity contribution in [1.82, 2.24) is 10.2 Å². The molecular weight excluding hydrogens is 209 g/mol. The molecule has 0 aliphatic carbocycles. The van der Waals surface area contributed by atoms with Gasteiger partial charge in [-0.15, -0.1) is 0 Å². The maximum atomic E-state index is 12.4. The molecular formula is C9H15F3N2O. The number of alkyl halides is 3. The van der Waals surface area contributed by atoms with E-state index in [9.17, 15) is 18.0 Å². The van der Waals surface area contributed by atoms with E-state index in [0.717, 1.165) is 0 Å². The predicted molar refractivity (Wildman–Crippen MR) is 49.3 cm³/mol. The van der Waals surface area contributed by atoms with Gasteiger partial charge in [-0.25, -0.2) is 0 Å². The zero-order chi connectivity index (χ0) is 11.5. The zero-order valence-electron chi connectivity index (χ0n) is 8.60. The number of hydrogen-bond donors (Lipinski definition) is 1. The van der Waals surface area contributed by atoms with Crippen LogP contribution in [0.5, 0.6) is 0 Å². The average Bonchev–Trinajstić information content (AvgIpc) is 2.17. The zero-order valence-corrected chi connectivity index (χ0v) is 8.60. The number of piperidine rings is 1. The highest BCUT2D eigenvalue weighted by Crippen LogP contribution is 2.32. The number of nitrogens with one attached hydrogen (secondary N) is 1. The van der Waals surface area contributed by atoms with Crippen LogP contribution in [0.15, 0.2) is 0 Å². The van der Waals surface area contributed by atoms with Gasteiger partial charge in [-0.1, -0.05) is 0 Å². The fraction of sp³-hybridized carbons (Fsp3) is 0.889. The molecule has 1 aliphatic heterocycles. The molecule has 6 heteroatoms. The number of amides is 1. The van der Waals surface area contributed by atoms with E-state index in [0.29, 0.717) is 13.0 Å². The first kappa shape index (κ1) is 12.3. The summed E-state index contributed by atoms with van der Waals surface area (Å²) in [7, 11) is 1.48. The molecule has 0 unspecified atom stereocenters. The Kier molecular flexibility index (Phi) is 3.96. The van der Waals surface area contributed by atoms with Crippen LogP contribution in [0.2, 0.25) is 0 Å². The molecule has 1 saturated heterocycles. The van der Waals surface area contributed by atoms with E-state index in [4.69, 9.17) is 0 Å². The molecule has 0 radical (unpaired) electrons. The van der Waals surface area contributed by atoms with Crippen molar-refractivity contribution in [3.63, 3.8) is 0 Å². The Morgan fingerprint density at radius 2 is 2.20 bits per heavy atom. The summed E-state index contributed by atoms with van der Waals surface area (Å²) in [6, 6.07) is 0. The van der Waals surface area contributed by atoms with Crippen molar-refractivity contribution in [3.05, 3.63) is 0 Å². The van der Waals surface area contributed by atoms with Gasteiger partial charge >= 0.3 is 6.18 Å². The Hall–Kier alpha value is -0.780. The summed E-state index contributed by atoms with van der Waals surface area (Å²) in [5, 5.41) is 2.40. The number of likely N-dealkylation sites (N-methyl/N-ethyl adjacent to an activating group) is 1. The Morgan fingerprint density at radius 1 is 1.53 bits per heavy atom. The molecule has 1 heterocycles. The Morgan fingerprint density at radius 3 is 2.73 bits per heavy atom. The van der Waals surface area contributed by atoms with Gasteiger partial charge < -0.3 is 5.32 Å². The first-order valence-corrected chi connectivity index (χ1v) is 4.93. The first-order valence-electron chi connectivity index (χ1n) is 4.93. The van der Waals surface area contributed by atoms with Crippen molar-refractivity contribution < 1.29 is 18.0 Å². The molecule has 1 rings (SSSR count). The maximum absolute atomic E-state index is 12.4. The number of hydrogen-bond acceptors (Lipinski definition) is 2. The molecule has 1 atom stereocenters. The van der Waals surface area contributed by atoms with E-state index < -0.39 is 12.1 Å². The van der Waals surface area contributed by atoms with Gasteiger partial charge in [0.15, 0.2) is 0 Å².